The van der Waals surface area contributed by atoms with Crippen molar-refractivity contribution in [1.82, 2.24) is 9.38 Å². The lowest BCUT2D eigenvalue weighted by Gasteiger charge is -2.03. The predicted molar refractivity (Wildman–Crippen MR) is 77.1 cm³/mol. The second-order valence-corrected chi connectivity index (χ2v) is 4.93. The zero-order valence-corrected chi connectivity index (χ0v) is 11.3. The zero-order chi connectivity index (χ0) is 14.3. The molecular formula is C16H14N2O2. The lowest BCUT2D eigenvalue weighted by molar-refractivity contribution is 0.0697. The summed E-state index contributed by atoms with van der Waals surface area (Å²) in [6.45, 7) is 4.09. The molecule has 3 rings (SSSR count). The first-order valence-corrected chi connectivity index (χ1v) is 6.34. The number of hydrogen-bond acceptors (Lipinski definition) is 2. The van der Waals surface area contributed by atoms with Gasteiger partial charge in [0.15, 0.2) is 0 Å². The number of imidazole rings is 1. The molecule has 1 N–H and O–H groups in total. The molecule has 4 nitrogen and oxygen atoms in total. The molecule has 4 heteroatoms. The van der Waals surface area contributed by atoms with Crippen molar-refractivity contribution in [2.45, 2.75) is 13.8 Å². The molecule has 0 amide bonds. The number of hydrogen-bond donors (Lipinski definition) is 1. The number of benzene rings is 1. The van der Waals surface area contributed by atoms with Crippen LogP contribution in [0.25, 0.3) is 16.9 Å². The van der Waals surface area contributed by atoms with Crippen LogP contribution in [0, 0.1) is 13.8 Å². The minimum Gasteiger partial charge on any atom is -0.478 e. The molecule has 0 saturated heterocycles. The Labute approximate surface area is 116 Å². The fraction of sp³-hybridized carbons (Fsp3) is 0.125. The smallest absolute Gasteiger partial charge is 0.335 e. The summed E-state index contributed by atoms with van der Waals surface area (Å²) in [5, 5.41) is 9.01. The van der Waals surface area contributed by atoms with E-state index in [2.05, 4.69) is 23.2 Å². The van der Waals surface area contributed by atoms with Gasteiger partial charge in [-0.3, -0.25) is 0 Å². The SMILES string of the molecule is Cc1ccc(C)c(-c2cn3ccc(C(=O)O)cc3n2)c1. The minimum absolute atomic E-state index is 0.246. The predicted octanol–water partition coefficient (Wildman–Crippen LogP) is 3.32. The summed E-state index contributed by atoms with van der Waals surface area (Å²) in [5.74, 6) is -0.941. The first-order valence-electron chi connectivity index (χ1n) is 6.34. The molecule has 0 fully saturated rings. The number of pyridine rings is 1. The van der Waals surface area contributed by atoms with Gasteiger partial charge < -0.3 is 9.51 Å². The monoisotopic (exact) mass is 266 g/mol. The maximum absolute atomic E-state index is 11.0. The minimum atomic E-state index is -0.941. The van der Waals surface area contributed by atoms with Crippen molar-refractivity contribution in [1.29, 1.82) is 0 Å². The first-order chi connectivity index (χ1) is 9.54. The molecule has 2 heterocycles. The molecule has 0 atom stereocenters. The third-order valence-corrected chi connectivity index (χ3v) is 3.38. The largest absolute Gasteiger partial charge is 0.478 e. The third kappa shape index (κ3) is 2.05. The number of nitrogens with zero attached hydrogens (tertiary/aromatic N) is 2. The number of fused-ring (bicyclic) bond motifs is 1. The molecule has 0 aliphatic heterocycles. The highest BCUT2D eigenvalue weighted by Crippen LogP contribution is 2.24. The van der Waals surface area contributed by atoms with Crippen molar-refractivity contribution in [2.75, 3.05) is 0 Å². The lowest BCUT2D eigenvalue weighted by Crippen LogP contribution is -1.96. The van der Waals surface area contributed by atoms with E-state index in [9.17, 15) is 4.79 Å². The number of aryl methyl sites for hydroxylation is 2. The van der Waals surface area contributed by atoms with Crippen LogP contribution in [-0.4, -0.2) is 20.5 Å². The van der Waals surface area contributed by atoms with E-state index in [-0.39, 0.29) is 5.56 Å². The fourth-order valence-corrected chi connectivity index (χ4v) is 2.26. The van der Waals surface area contributed by atoms with Gasteiger partial charge in [-0.05, 0) is 37.6 Å². The van der Waals surface area contributed by atoms with Crippen molar-refractivity contribution in [3.8, 4) is 11.3 Å². The van der Waals surface area contributed by atoms with E-state index >= 15 is 0 Å². The van der Waals surface area contributed by atoms with E-state index in [0.29, 0.717) is 5.65 Å². The van der Waals surface area contributed by atoms with Crippen molar-refractivity contribution >= 4 is 11.6 Å². The summed E-state index contributed by atoms with van der Waals surface area (Å²) in [4.78, 5) is 15.5. The Morgan fingerprint density at radius 2 is 2.00 bits per heavy atom. The van der Waals surface area contributed by atoms with Gasteiger partial charge in [0.2, 0.25) is 0 Å². The molecule has 0 saturated carbocycles. The summed E-state index contributed by atoms with van der Waals surface area (Å²) >= 11 is 0. The molecule has 100 valence electrons. The van der Waals surface area contributed by atoms with Gasteiger partial charge >= 0.3 is 5.97 Å². The zero-order valence-electron chi connectivity index (χ0n) is 11.3. The molecule has 0 aliphatic carbocycles. The standard InChI is InChI=1S/C16H14N2O2/c1-10-3-4-11(2)13(7-10)14-9-18-6-5-12(16(19)20)8-15(18)17-14/h3-9H,1-2H3,(H,19,20). The van der Waals surface area contributed by atoms with Gasteiger partial charge in [-0.2, -0.15) is 0 Å². The number of rotatable bonds is 2. The topological polar surface area (TPSA) is 54.6 Å². The van der Waals surface area contributed by atoms with Gasteiger partial charge in [0.05, 0.1) is 11.3 Å². The van der Waals surface area contributed by atoms with Crippen molar-refractivity contribution in [2.24, 2.45) is 0 Å². The molecule has 0 radical (unpaired) electrons. The van der Waals surface area contributed by atoms with Gasteiger partial charge in [-0.25, -0.2) is 9.78 Å². The average Bonchev–Trinajstić information content (AvgIpc) is 2.83. The maximum atomic E-state index is 11.0. The summed E-state index contributed by atoms with van der Waals surface area (Å²) < 4.78 is 1.84. The Balaban J connectivity index is 2.17. The van der Waals surface area contributed by atoms with Gasteiger partial charge in [0.1, 0.15) is 5.65 Å². The Morgan fingerprint density at radius 1 is 1.20 bits per heavy atom. The van der Waals surface area contributed by atoms with Gasteiger partial charge in [-0.1, -0.05) is 17.7 Å². The fourth-order valence-electron chi connectivity index (χ4n) is 2.26. The van der Waals surface area contributed by atoms with Crippen LogP contribution in [0.4, 0.5) is 0 Å². The quantitative estimate of drug-likeness (QED) is 0.774. The molecule has 0 unspecified atom stereocenters. The van der Waals surface area contributed by atoms with E-state index in [1.54, 1.807) is 18.3 Å². The van der Waals surface area contributed by atoms with E-state index in [1.165, 1.54) is 5.56 Å². The van der Waals surface area contributed by atoms with E-state index in [1.807, 2.05) is 24.4 Å². The normalized spacial score (nSPS) is 10.9. The average molecular weight is 266 g/mol. The number of aromatic nitrogens is 2. The molecule has 2 aromatic heterocycles. The van der Waals surface area contributed by atoms with Crippen LogP contribution >= 0.6 is 0 Å². The highest BCUT2D eigenvalue weighted by atomic mass is 16.4. The van der Waals surface area contributed by atoms with Gasteiger partial charge in [0, 0.05) is 18.0 Å². The van der Waals surface area contributed by atoms with Crippen LogP contribution in [0.1, 0.15) is 21.5 Å². The van der Waals surface area contributed by atoms with Crippen LogP contribution in [0.3, 0.4) is 0 Å². The second-order valence-electron chi connectivity index (χ2n) is 4.93. The third-order valence-electron chi connectivity index (χ3n) is 3.38. The first kappa shape index (κ1) is 12.4. The second kappa shape index (κ2) is 4.49. The van der Waals surface area contributed by atoms with Crippen LogP contribution in [0.15, 0.2) is 42.7 Å². The number of aromatic carboxylic acids is 1. The Bertz CT molecular complexity index is 818. The molecule has 1 aromatic carbocycles. The van der Waals surface area contributed by atoms with Crippen LogP contribution < -0.4 is 0 Å². The Hall–Kier alpha value is -2.62. The number of carboxylic acid groups (broad SMARTS) is 1. The number of carbonyl (C=O) groups is 1. The Morgan fingerprint density at radius 3 is 2.75 bits per heavy atom. The van der Waals surface area contributed by atoms with Crippen LogP contribution in [-0.2, 0) is 0 Å². The molecule has 0 aliphatic rings. The van der Waals surface area contributed by atoms with Crippen molar-refractivity contribution in [3.63, 3.8) is 0 Å². The molecule has 20 heavy (non-hydrogen) atoms. The van der Waals surface area contributed by atoms with Gasteiger partial charge in [-0.15, -0.1) is 0 Å². The summed E-state index contributed by atoms with van der Waals surface area (Å²) in [5.41, 5.74) is 5.14. The van der Waals surface area contributed by atoms with Crippen molar-refractivity contribution < 1.29 is 9.90 Å². The van der Waals surface area contributed by atoms with E-state index in [4.69, 9.17) is 5.11 Å². The summed E-state index contributed by atoms with van der Waals surface area (Å²) in [7, 11) is 0. The molecule has 0 bridgehead atoms. The number of carboxylic acids is 1. The highest BCUT2D eigenvalue weighted by Gasteiger charge is 2.09. The van der Waals surface area contributed by atoms with Crippen LogP contribution in [0.2, 0.25) is 0 Å². The summed E-state index contributed by atoms with van der Waals surface area (Å²) in [6, 6.07) is 9.38. The lowest BCUT2D eigenvalue weighted by atomic mass is 10.0. The van der Waals surface area contributed by atoms with Crippen LogP contribution in [0.5, 0.6) is 0 Å². The van der Waals surface area contributed by atoms with Gasteiger partial charge in [0.25, 0.3) is 0 Å². The molecule has 3 aromatic rings. The van der Waals surface area contributed by atoms with Crippen molar-refractivity contribution in [3.05, 3.63) is 59.4 Å². The highest BCUT2D eigenvalue weighted by molar-refractivity contribution is 5.88. The maximum Gasteiger partial charge on any atom is 0.335 e. The Kier molecular flexibility index (Phi) is 2.79. The van der Waals surface area contributed by atoms with E-state index < -0.39 is 5.97 Å². The van der Waals surface area contributed by atoms with E-state index in [0.717, 1.165) is 16.8 Å². The molecular weight excluding hydrogens is 252 g/mol. The molecule has 0 spiro atoms. The summed E-state index contributed by atoms with van der Waals surface area (Å²) in [6.07, 6.45) is 3.64.